The van der Waals surface area contributed by atoms with Crippen molar-refractivity contribution in [3.05, 3.63) is 122 Å². The van der Waals surface area contributed by atoms with E-state index in [1.165, 1.54) is 57.8 Å². The molecule has 0 aliphatic rings. The van der Waals surface area contributed by atoms with Crippen molar-refractivity contribution in [3.8, 4) is 0 Å². The Morgan fingerprint density at radius 3 is 0.863 bits per heavy atom. The van der Waals surface area contributed by atoms with E-state index in [1.807, 2.05) is 0 Å². The lowest BCUT2D eigenvalue weighted by Crippen LogP contribution is -2.30. The summed E-state index contributed by atoms with van der Waals surface area (Å²) in [4.78, 5) is 73.0. The van der Waals surface area contributed by atoms with Crippen LogP contribution >= 0.6 is 15.6 Å². The molecule has 0 saturated carbocycles. The summed E-state index contributed by atoms with van der Waals surface area (Å²) in [6.45, 7) is 4.60. The van der Waals surface area contributed by atoms with E-state index < -0.39 is 97.5 Å². The second-order valence-electron chi connectivity index (χ2n) is 26.3. The minimum atomic E-state index is -4.99. The number of phosphoric acid groups is 2. The molecule has 5 atom stereocenters. The molecule has 586 valence electrons. The van der Waals surface area contributed by atoms with E-state index in [2.05, 4.69) is 149 Å². The maximum atomic E-state index is 13.1. The molecule has 0 rings (SSSR count). The van der Waals surface area contributed by atoms with Gasteiger partial charge >= 0.3 is 39.5 Å². The summed E-state index contributed by atoms with van der Waals surface area (Å²) in [5.74, 6) is -2.25. The van der Waals surface area contributed by atoms with Gasteiger partial charge in [0.05, 0.1) is 26.4 Å². The van der Waals surface area contributed by atoms with E-state index in [4.69, 9.17) is 37.0 Å². The van der Waals surface area contributed by atoms with Crippen LogP contribution in [0, 0.1) is 0 Å². The largest absolute Gasteiger partial charge is 0.472 e. The minimum Gasteiger partial charge on any atom is -0.462 e. The summed E-state index contributed by atoms with van der Waals surface area (Å²) in [6, 6.07) is 0. The second-order valence-corrected chi connectivity index (χ2v) is 29.2. The van der Waals surface area contributed by atoms with Crippen LogP contribution in [0.4, 0.5) is 0 Å². The Balaban J connectivity index is 5.40. The number of ether oxygens (including phenoxy) is 4. The highest BCUT2D eigenvalue weighted by atomic mass is 31.2. The molecule has 0 heterocycles. The van der Waals surface area contributed by atoms with Crippen LogP contribution in [0.15, 0.2) is 122 Å². The van der Waals surface area contributed by atoms with Gasteiger partial charge in [0, 0.05) is 25.7 Å². The van der Waals surface area contributed by atoms with Crippen LogP contribution in [0.5, 0.6) is 0 Å². The zero-order valence-corrected chi connectivity index (χ0v) is 65.8. The van der Waals surface area contributed by atoms with Gasteiger partial charge in [0.15, 0.2) is 12.2 Å². The predicted octanol–water partition coefficient (Wildman–Crippen LogP) is 23.1. The van der Waals surface area contributed by atoms with Gasteiger partial charge in [0.25, 0.3) is 0 Å². The molecule has 102 heavy (non-hydrogen) atoms. The first-order chi connectivity index (χ1) is 49.7. The molecule has 0 aliphatic heterocycles. The fourth-order valence-electron chi connectivity index (χ4n) is 10.3. The molecule has 17 nitrogen and oxygen atoms in total. The summed E-state index contributed by atoms with van der Waals surface area (Å²) in [5.41, 5.74) is 0. The first-order valence-corrected chi connectivity index (χ1v) is 42.8. The van der Waals surface area contributed by atoms with E-state index in [0.717, 1.165) is 186 Å². The highest BCUT2D eigenvalue weighted by molar-refractivity contribution is 7.47. The summed E-state index contributed by atoms with van der Waals surface area (Å²) in [6.07, 6.45) is 81.8. The third-order valence-electron chi connectivity index (χ3n) is 16.4. The molecule has 0 radical (unpaired) electrons. The van der Waals surface area contributed by atoms with Crippen LogP contribution in [-0.2, 0) is 65.4 Å². The fraction of sp³-hybridized carbons (Fsp3) is 0.711. The third-order valence-corrected chi connectivity index (χ3v) is 18.3. The Morgan fingerprint density at radius 1 is 0.284 bits per heavy atom. The molecule has 0 aliphatic carbocycles. The van der Waals surface area contributed by atoms with E-state index in [0.29, 0.717) is 25.7 Å². The van der Waals surface area contributed by atoms with E-state index in [9.17, 15) is 43.2 Å². The summed E-state index contributed by atoms with van der Waals surface area (Å²) in [5, 5.41) is 10.6. The van der Waals surface area contributed by atoms with Crippen molar-refractivity contribution < 1.29 is 80.2 Å². The number of carbonyl (C=O) groups excluding carboxylic acids is 4. The Kier molecular flexibility index (Phi) is 71.4. The lowest BCUT2D eigenvalue weighted by molar-refractivity contribution is -0.161. The topological polar surface area (TPSA) is 237 Å². The number of unbranched alkanes of at least 4 members (excludes halogenated alkanes) is 28. The third kappa shape index (κ3) is 73.8. The molecular weight excluding hydrogens is 1330 g/mol. The standard InChI is InChI=1S/C83H142O17P2/c1-5-9-13-17-21-25-29-33-36-37-38-39-42-45-48-52-56-60-64-68-81(86)94-73-78(99-82(87)69-65-61-57-53-49-43-32-28-24-20-16-12-8-4)75-97-101(89,90)95-71-77(84)72-96-102(91,92)98-76-79(100-83(88)70-66-62-58-54-50-46-41-35-31-27-23-19-15-11-7-3)74-93-80(85)67-63-59-55-51-47-44-40-34-30-26-22-18-14-10-6-2/h9,13,16,20-22,25-26,28,32-36,38-41,45,48,77-79,84H,5-8,10-12,14-15,17-19,23-24,27,29-31,37,42-44,46-47,49-76H2,1-4H3,(H,89,90)(H,91,92)/b13-9-,20-16-,25-21-,26-22-,32-28-,36-33-,39-38-,40-34-,41-35-,48-45-. The molecule has 0 aromatic rings. The number of allylic oxidation sites excluding steroid dienone is 20. The van der Waals surface area contributed by atoms with Crippen molar-refractivity contribution in [2.24, 2.45) is 0 Å². The van der Waals surface area contributed by atoms with Gasteiger partial charge in [-0.3, -0.25) is 37.3 Å². The lowest BCUT2D eigenvalue weighted by atomic mass is 10.1. The van der Waals surface area contributed by atoms with Gasteiger partial charge in [-0.2, -0.15) is 0 Å². The monoisotopic (exact) mass is 1470 g/mol. The molecule has 0 amide bonds. The van der Waals surface area contributed by atoms with Gasteiger partial charge in [0.2, 0.25) is 0 Å². The van der Waals surface area contributed by atoms with Crippen molar-refractivity contribution in [2.75, 3.05) is 39.6 Å². The quantitative estimate of drug-likeness (QED) is 0.0169. The van der Waals surface area contributed by atoms with Crippen molar-refractivity contribution in [1.29, 1.82) is 0 Å². The molecule has 19 heteroatoms. The summed E-state index contributed by atoms with van der Waals surface area (Å²) >= 11 is 0. The molecule has 3 N–H and O–H groups in total. The van der Waals surface area contributed by atoms with Crippen LogP contribution in [0.2, 0.25) is 0 Å². The molecular formula is C83H142O17P2. The highest BCUT2D eigenvalue weighted by Gasteiger charge is 2.30. The normalized spacial score (nSPS) is 14.5. The van der Waals surface area contributed by atoms with Gasteiger partial charge in [-0.1, -0.05) is 265 Å². The summed E-state index contributed by atoms with van der Waals surface area (Å²) < 4.78 is 68.5. The van der Waals surface area contributed by atoms with Crippen molar-refractivity contribution in [3.63, 3.8) is 0 Å². The Morgan fingerprint density at radius 2 is 0.529 bits per heavy atom. The maximum Gasteiger partial charge on any atom is 0.472 e. The Bertz CT molecular complexity index is 2410. The highest BCUT2D eigenvalue weighted by Crippen LogP contribution is 2.45. The molecule has 0 saturated heterocycles. The van der Waals surface area contributed by atoms with Gasteiger partial charge in [0.1, 0.15) is 19.3 Å². The smallest absolute Gasteiger partial charge is 0.462 e. The second kappa shape index (κ2) is 74.7. The predicted molar refractivity (Wildman–Crippen MR) is 418 cm³/mol. The van der Waals surface area contributed by atoms with E-state index in [1.54, 1.807) is 0 Å². The van der Waals surface area contributed by atoms with Gasteiger partial charge < -0.3 is 33.8 Å². The average Bonchev–Trinajstić information content (AvgIpc) is 0.908. The molecule has 0 bridgehead atoms. The molecule has 0 aromatic carbocycles. The number of rotatable bonds is 74. The maximum absolute atomic E-state index is 13.1. The number of carbonyl (C=O) groups is 4. The average molecular weight is 1470 g/mol. The number of aliphatic hydroxyl groups is 1. The zero-order chi connectivity index (χ0) is 74.6. The molecule has 5 unspecified atom stereocenters. The van der Waals surface area contributed by atoms with Crippen molar-refractivity contribution in [1.82, 2.24) is 0 Å². The van der Waals surface area contributed by atoms with Crippen LogP contribution in [-0.4, -0.2) is 96.7 Å². The van der Waals surface area contributed by atoms with Gasteiger partial charge in [-0.15, -0.1) is 0 Å². The SMILES string of the molecule is CC/C=C\C/C=C\C/C=C\C/C=C\C/C=C\CCCCCC(=O)OCC(COP(=O)(O)OCC(O)COP(=O)(O)OCC(COC(=O)CCCCCCC/C=C\C/C=C\CCCCC)OC(=O)CCCCCCC/C=C\CCCCCCCC)OC(=O)CCCCCCC/C=C\C/C=C\CCC. The number of esters is 4. The van der Waals surface area contributed by atoms with E-state index in [-0.39, 0.29) is 25.7 Å². The van der Waals surface area contributed by atoms with Crippen LogP contribution in [0.1, 0.15) is 323 Å². The first kappa shape index (κ1) is 97.5. The Labute approximate surface area is 619 Å². The Hall–Kier alpha value is -4.54. The molecule has 0 aromatic heterocycles. The van der Waals surface area contributed by atoms with Crippen molar-refractivity contribution in [2.45, 2.75) is 341 Å². The van der Waals surface area contributed by atoms with Crippen LogP contribution in [0.3, 0.4) is 0 Å². The number of hydrogen-bond donors (Lipinski definition) is 3. The first-order valence-electron chi connectivity index (χ1n) is 39.8. The van der Waals surface area contributed by atoms with E-state index >= 15 is 0 Å². The minimum absolute atomic E-state index is 0.0683. The molecule has 0 spiro atoms. The lowest BCUT2D eigenvalue weighted by Gasteiger charge is -2.21. The van der Waals surface area contributed by atoms with Gasteiger partial charge in [-0.05, 0) is 154 Å². The van der Waals surface area contributed by atoms with Gasteiger partial charge in [-0.25, -0.2) is 9.13 Å². The number of hydrogen-bond acceptors (Lipinski definition) is 15. The zero-order valence-electron chi connectivity index (χ0n) is 64.0. The van der Waals surface area contributed by atoms with Crippen molar-refractivity contribution >= 4 is 39.5 Å². The number of aliphatic hydroxyl groups excluding tert-OH is 1. The molecule has 0 fully saturated rings. The summed E-state index contributed by atoms with van der Waals surface area (Å²) in [7, 11) is -9.98. The fourth-order valence-corrected chi connectivity index (χ4v) is 11.9. The number of phosphoric ester groups is 2. The van der Waals surface area contributed by atoms with Crippen LogP contribution in [0.25, 0.3) is 0 Å². The van der Waals surface area contributed by atoms with Crippen LogP contribution < -0.4 is 0 Å².